The Labute approximate surface area is 104 Å². The molecular formula is C12H14INO. The average Bonchev–Trinajstić information content (AvgIpc) is 2.22. The highest BCUT2D eigenvalue weighted by molar-refractivity contribution is 14.1. The van der Waals surface area contributed by atoms with E-state index in [1.165, 1.54) is 5.56 Å². The van der Waals surface area contributed by atoms with Crippen molar-refractivity contribution in [1.29, 1.82) is 5.26 Å². The largest absolute Gasteiger partial charge is 0.492 e. The van der Waals surface area contributed by atoms with Crippen LogP contribution in [0, 0.1) is 21.8 Å². The van der Waals surface area contributed by atoms with Crippen LogP contribution < -0.4 is 4.74 Å². The van der Waals surface area contributed by atoms with Crippen LogP contribution in [0.2, 0.25) is 0 Å². The summed E-state index contributed by atoms with van der Waals surface area (Å²) in [4.78, 5) is 0. The molecule has 15 heavy (non-hydrogen) atoms. The van der Waals surface area contributed by atoms with Crippen LogP contribution in [-0.2, 0) is 6.42 Å². The van der Waals surface area contributed by atoms with E-state index in [-0.39, 0.29) is 0 Å². The quantitative estimate of drug-likeness (QED) is 0.801. The zero-order valence-electron chi connectivity index (χ0n) is 9.22. The summed E-state index contributed by atoms with van der Waals surface area (Å²) < 4.78 is 6.54. The summed E-state index contributed by atoms with van der Waals surface area (Å²) in [6.07, 6.45) is 0.928. The van der Waals surface area contributed by atoms with E-state index in [9.17, 15) is 0 Å². The lowest BCUT2D eigenvalue weighted by Crippen LogP contribution is -2.02. The van der Waals surface area contributed by atoms with Gasteiger partial charge in [-0.3, -0.25) is 0 Å². The number of hydrogen-bond donors (Lipinski definition) is 0. The fourth-order valence-corrected chi connectivity index (χ4v) is 2.58. The van der Waals surface area contributed by atoms with Gasteiger partial charge in [0.15, 0.2) is 0 Å². The molecular weight excluding hydrogens is 301 g/mol. The molecule has 0 aliphatic heterocycles. The maximum atomic E-state index is 9.05. The number of nitriles is 1. The van der Waals surface area contributed by atoms with Crippen LogP contribution in [0.15, 0.2) is 6.07 Å². The average molecular weight is 315 g/mol. The molecule has 0 spiro atoms. The van der Waals surface area contributed by atoms with Crippen molar-refractivity contribution in [3.8, 4) is 11.8 Å². The Morgan fingerprint density at radius 2 is 2.13 bits per heavy atom. The third-order valence-electron chi connectivity index (χ3n) is 2.28. The number of hydrogen-bond acceptors (Lipinski definition) is 2. The van der Waals surface area contributed by atoms with Crippen molar-refractivity contribution in [2.45, 2.75) is 27.2 Å². The second-order valence-electron chi connectivity index (χ2n) is 3.27. The maximum Gasteiger partial charge on any atom is 0.137 e. The number of halogens is 1. The van der Waals surface area contributed by atoms with E-state index in [0.717, 1.165) is 26.9 Å². The molecule has 0 bridgehead atoms. The highest BCUT2D eigenvalue weighted by atomic mass is 127. The Morgan fingerprint density at radius 3 is 2.60 bits per heavy atom. The predicted molar refractivity (Wildman–Crippen MR) is 69.2 cm³/mol. The summed E-state index contributed by atoms with van der Waals surface area (Å²) in [6.45, 7) is 6.66. The molecule has 0 N–H and O–H groups in total. The van der Waals surface area contributed by atoms with E-state index in [1.807, 2.05) is 19.9 Å². The zero-order valence-corrected chi connectivity index (χ0v) is 11.4. The minimum Gasteiger partial charge on any atom is -0.492 e. The van der Waals surface area contributed by atoms with Gasteiger partial charge in [-0.05, 0) is 54.0 Å². The van der Waals surface area contributed by atoms with Crippen LogP contribution in [0.3, 0.4) is 0 Å². The molecule has 0 heterocycles. The molecule has 1 rings (SSSR count). The van der Waals surface area contributed by atoms with Gasteiger partial charge in [-0.25, -0.2) is 0 Å². The van der Waals surface area contributed by atoms with Crippen molar-refractivity contribution in [2.75, 3.05) is 6.61 Å². The normalized spacial score (nSPS) is 9.80. The molecule has 0 saturated heterocycles. The SMILES string of the molecule is CCOc1c(CC)cc(C)c(C#N)c1I. The molecule has 0 atom stereocenters. The number of nitrogens with zero attached hydrogens (tertiary/aromatic N) is 1. The van der Waals surface area contributed by atoms with Crippen molar-refractivity contribution < 1.29 is 4.74 Å². The number of aryl methyl sites for hydroxylation is 2. The first kappa shape index (κ1) is 12.3. The van der Waals surface area contributed by atoms with E-state index in [2.05, 4.69) is 35.6 Å². The topological polar surface area (TPSA) is 33.0 Å². The minimum atomic E-state index is 0.636. The molecule has 0 fully saturated rings. The standard InChI is InChI=1S/C12H14INO/c1-4-9-6-8(3)10(7-14)11(13)12(9)15-5-2/h6H,4-5H2,1-3H3. The summed E-state index contributed by atoms with van der Waals surface area (Å²) in [7, 11) is 0. The second-order valence-corrected chi connectivity index (χ2v) is 4.35. The third-order valence-corrected chi connectivity index (χ3v) is 3.31. The van der Waals surface area contributed by atoms with Crippen molar-refractivity contribution in [3.63, 3.8) is 0 Å². The molecule has 3 heteroatoms. The Morgan fingerprint density at radius 1 is 1.47 bits per heavy atom. The van der Waals surface area contributed by atoms with Gasteiger partial charge in [0.1, 0.15) is 11.8 Å². The van der Waals surface area contributed by atoms with Gasteiger partial charge in [0.2, 0.25) is 0 Å². The van der Waals surface area contributed by atoms with Gasteiger partial charge in [-0.1, -0.05) is 13.0 Å². The van der Waals surface area contributed by atoms with Crippen molar-refractivity contribution in [3.05, 3.63) is 26.3 Å². The first-order valence-corrected chi connectivity index (χ1v) is 6.08. The molecule has 0 saturated carbocycles. The van der Waals surface area contributed by atoms with Gasteiger partial charge in [-0.2, -0.15) is 5.26 Å². The Bertz CT molecular complexity index is 407. The molecule has 0 radical (unpaired) electrons. The van der Waals surface area contributed by atoms with Crippen LogP contribution in [0.1, 0.15) is 30.5 Å². The number of rotatable bonds is 3. The van der Waals surface area contributed by atoms with Crippen LogP contribution in [0.25, 0.3) is 0 Å². The highest BCUT2D eigenvalue weighted by Crippen LogP contribution is 2.31. The summed E-state index contributed by atoms with van der Waals surface area (Å²) in [5.41, 5.74) is 2.94. The zero-order chi connectivity index (χ0) is 11.4. The van der Waals surface area contributed by atoms with Gasteiger partial charge in [0.05, 0.1) is 15.7 Å². The van der Waals surface area contributed by atoms with Crippen molar-refractivity contribution in [1.82, 2.24) is 0 Å². The smallest absolute Gasteiger partial charge is 0.137 e. The molecule has 80 valence electrons. The highest BCUT2D eigenvalue weighted by Gasteiger charge is 2.13. The van der Waals surface area contributed by atoms with Gasteiger partial charge in [0, 0.05) is 0 Å². The Hall–Kier alpha value is -0.760. The lowest BCUT2D eigenvalue weighted by molar-refractivity contribution is 0.334. The van der Waals surface area contributed by atoms with Gasteiger partial charge < -0.3 is 4.74 Å². The van der Waals surface area contributed by atoms with Gasteiger partial charge in [-0.15, -0.1) is 0 Å². The summed E-state index contributed by atoms with van der Waals surface area (Å²) in [5.74, 6) is 0.878. The Balaban J connectivity index is 3.40. The van der Waals surface area contributed by atoms with Crippen LogP contribution in [-0.4, -0.2) is 6.61 Å². The number of ether oxygens (including phenoxy) is 1. The predicted octanol–water partition coefficient (Wildman–Crippen LogP) is 3.43. The van der Waals surface area contributed by atoms with Crippen LogP contribution >= 0.6 is 22.6 Å². The second kappa shape index (κ2) is 5.36. The monoisotopic (exact) mass is 315 g/mol. The first-order valence-electron chi connectivity index (χ1n) is 5.00. The molecule has 0 amide bonds. The fraction of sp³-hybridized carbons (Fsp3) is 0.417. The lowest BCUT2D eigenvalue weighted by Gasteiger charge is -2.13. The summed E-state index contributed by atoms with van der Waals surface area (Å²) >= 11 is 2.19. The van der Waals surface area contributed by atoms with Gasteiger partial charge >= 0.3 is 0 Å². The lowest BCUT2D eigenvalue weighted by atomic mass is 10.0. The fourth-order valence-electron chi connectivity index (χ4n) is 1.53. The molecule has 0 aliphatic carbocycles. The summed E-state index contributed by atoms with van der Waals surface area (Å²) in [5, 5.41) is 9.05. The van der Waals surface area contributed by atoms with E-state index < -0.39 is 0 Å². The van der Waals surface area contributed by atoms with Crippen molar-refractivity contribution in [2.24, 2.45) is 0 Å². The number of benzene rings is 1. The molecule has 1 aromatic rings. The minimum absolute atomic E-state index is 0.636. The molecule has 0 aromatic heterocycles. The van der Waals surface area contributed by atoms with E-state index in [1.54, 1.807) is 0 Å². The van der Waals surface area contributed by atoms with Gasteiger partial charge in [0.25, 0.3) is 0 Å². The van der Waals surface area contributed by atoms with Crippen LogP contribution in [0.5, 0.6) is 5.75 Å². The molecule has 0 aliphatic rings. The first-order chi connectivity index (χ1) is 7.15. The van der Waals surface area contributed by atoms with Crippen LogP contribution in [0.4, 0.5) is 0 Å². The molecule has 2 nitrogen and oxygen atoms in total. The van der Waals surface area contributed by atoms with E-state index in [0.29, 0.717) is 6.61 Å². The molecule has 0 unspecified atom stereocenters. The van der Waals surface area contributed by atoms with E-state index in [4.69, 9.17) is 10.00 Å². The molecule has 1 aromatic carbocycles. The van der Waals surface area contributed by atoms with E-state index >= 15 is 0 Å². The Kier molecular flexibility index (Phi) is 4.40. The van der Waals surface area contributed by atoms with Crippen molar-refractivity contribution >= 4 is 22.6 Å². The third kappa shape index (κ3) is 2.43. The maximum absolute atomic E-state index is 9.05. The summed E-state index contributed by atoms with van der Waals surface area (Å²) in [6, 6.07) is 4.27.